The molecule has 1 aliphatic heterocycles. The summed E-state index contributed by atoms with van der Waals surface area (Å²) < 4.78 is 1.65. The molecule has 0 spiro atoms. The van der Waals surface area contributed by atoms with Gasteiger partial charge in [-0.15, -0.1) is 0 Å². The first-order valence-electron chi connectivity index (χ1n) is 6.76. The van der Waals surface area contributed by atoms with Crippen molar-refractivity contribution in [3.63, 3.8) is 0 Å². The van der Waals surface area contributed by atoms with E-state index in [0.29, 0.717) is 18.2 Å². The molecular formula is C13H21ClN4O. The largest absolute Gasteiger partial charge is 0.342 e. The molecular weight excluding hydrogens is 264 g/mol. The Balaban J connectivity index is 1.81. The van der Waals surface area contributed by atoms with Gasteiger partial charge < -0.3 is 10.2 Å². The normalized spacial score (nSPS) is 15.8. The smallest absolute Gasteiger partial charge is 0.236 e. The predicted molar refractivity (Wildman–Crippen MR) is 75.1 cm³/mol. The van der Waals surface area contributed by atoms with Gasteiger partial charge in [-0.2, -0.15) is 5.10 Å². The monoisotopic (exact) mass is 284 g/mol. The zero-order valence-electron chi connectivity index (χ0n) is 11.6. The molecule has 0 aliphatic carbocycles. The molecule has 1 N–H and O–H groups in total. The van der Waals surface area contributed by atoms with E-state index in [4.69, 9.17) is 11.6 Å². The second kappa shape index (κ2) is 6.39. The van der Waals surface area contributed by atoms with Crippen molar-refractivity contribution in [2.24, 2.45) is 7.05 Å². The van der Waals surface area contributed by atoms with Gasteiger partial charge in [0.15, 0.2) is 0 Å². The van der Waals surface area contributed by atoms with Crippen molar-refractivity contribution in [1.82, 2.24) is 20.0 Å². The fourth-order valence-corrected chi connectivity index (χ4v) is 2.67. The summed E-state index contributed by atoms with van der Waals surface area (Å²) in [7, 11) is 1.82. The van der Waals surface area contributed by atoms with Crippen LogP contribution >= 0.6 is 11.6 Å². The lowest BCUT2D eigenvalue weighted by atomic mass is 10.1. The number of carbonyl (C=O) groups excluding carboxylic acids is 1. The highest BCUT2D eigenvalue weighted by Gasteiger charge is 2.16. The quantitative estimate of drug-likeness (QED) is 0.911. The molecule has 106 valence electrons. The van der Waals surface area contributed by atoms with Crippen LogP contribution in [0.15, 0.2) is 0 Å². The Hall–Kier alpha value is -1.07. The lowest BCUT2D eigenvalue weighted by Gasteiger charge is -2.26. The maximum atomic E-state index is 12.0. The summed E-state index contributed by atoms with van der Waals surface area (Å²) in [5.74, 6) is 0.178. The number of halogens is 1. The Bertz CT molecular complexity index is 452. The summed E-state index contributed by atoms with van der Waals surface area (Å²) in [6.07, 6.45) is 3.49. The van der Waals surface area contributed by atoms with Gasteiger partial charge in [0, 0.05) is 32.2 Å². The summed E-state index contributed by atoms with van der Waals surface area (Å²) in [6, 6.07) is 0. The molecule has 1 aromatic heterocycles. The zero-order chi connectivity index (χ0) is 13.8. The fourth-order valence-electron chi connectivity index (χ4n) is 2.42. The number of hydrogen-bond acceptors (Lipinski definition) is 3. The standard InChI is InChI=1S/C13H21ClN4O/c1-10-11(13(14)17(2)16-10)8-15-9-12(19)18-6-4-3-5-7-18/h15H,3-9H2,1-2H3. The average Bonchev–Trinajstić information content (AvgIpc) is 2.66. The maximum Gasteiger partial charge on any atom is 0.236 e. The number of nitrogens with one attached hydrogen (secondary N) is 1. The average molecular weight is 285 g/mol. The predicted octanol–water partition coefficient (Wildman–Crippen LogP) is 1.48. The molecule has 0 radical (unpaired) electrons. The summed E-state index contributed by atoms with van der Waals surface area (Å²) in [5.41, 5.74) is 1.88. The van der Waals surface area contributed by atoms with E-state index in [-0.39, 0.29) is 5.91 Å². The highest BCUT2D eigenvalue weighted by Crippen LogP contribution is 2.18. The van der Waals surface area contributed by atoms with E-state index in [1.165, 1.54) is 6.42 Å². The third-order valence-corrected chi connectivity index (χ3v) is 4.03. The molecule has 1 aromatic rings. The van der Waals surface area contributed by atoms with Gasteiger partial charge in [0.2, 0.25) is 5.91 Å². The molecule has 1 fully saturated rings. The number of piperidine rings is 1. The highest BCUT2D eigenvalue weighted by atomic mass is 35.5. The minimum atomic E-state index is 0.178. The third kappa shape index (κ3) is 3.48. The Labute approximate surface area is 118 Å². The van der Waals surface area contributed by atoms with Crippen LogP contribution in [0.1, 0.15) is 30.5 Å². The highest BCUT2D eigenvalue weighted by molar-refractivity contribution is 6.30. The molecule has 0 atom stereocenters. The van der Waals surface area contributed by atoms with Crippen molar-refractivity contribution in [2.75, 3.05) is 19.6 Å². The van der Waals surface area contributed by atoms with Gasteiger partial charge >= 0.3 is 0 Å². The first-order chi connectivity index (χ1) is 9.09. The van der Waals surface area contributed by atoms with Crippen molar-refractivity contribution < 1.29 is 4.79 Å². The van der Waals surface area contributed by atoms with Crippen molar-refractivity contribution >= 4 is 17.5 Å². The molecule has 0 aromatic carbocycles. The number of nitrogens with zero attached hydrogens (tertiary/aromatic N) is 3. The SMILES string of the molecule is Cc1nn(C)c(Cl)c1CNCC(=O)N1CCCCC1. The van der Waals surface area contributed by atoms with Crippen molar-refractivity contribution in [1.29, 1.82) is 0 Å². The number of hydrogen-bond donors (Lipinski definition) is 1. The topological polar surface area (TPSA) is 50.2 Å². The van der Waals surface area contributed by atoms with Gasteiger partial charge in [0.25, 0.3) is 0 Å². The van der Waals surface area contributed by atoms with Gasteiger partial charge in [0.05, 0.1) is 12.2 Å². The second-order valence-corrected chi connectivity index (χ2v) is 5.38. The lowest BCUT2D eigenvalue weighted by Crippen LogP contribution is -2.41. The lowest BCUT2D eigenvalue weighted by molar-refractivity contribution is -0.131. The second-order valence-electron chi connectivity index (χ2n) is 5.02. The summed E-state index contributed by atoms with van der Waals surface area (Å²) >= 11 is 6.14. The van der Waals surface area contributed by atoms with Crippen LogP contribution in [0.5, 0.6) is 0 Å². The van der Waals surface area contributed by atoms with E-state index < -0.39 is 0 Å². The van der Waals surface area contributed by atoms with Crippen LogP contribution in [0.25, 0.3) is 0 Å². The molecule has 6 heteroatoms. The van der Waals surface area contributed by atoms with Gasteiger partial charge in [-0.25, -0.2) is 0 Å². The summed E-state index contributed by atoms with van der Waals surface area (Å²) in [5, 5.41) is 8.05. The van der Waals surface area contributed by atoms with Crippen molar-refractivity contribution in [3.8, 4) is 0 Å². The van der Waals surface area contributed by atoms with Crippen LogP contribution in [-0.2, 0) is 18.4 Å². The maximum absolute atomic E-state index is 12.0. The van der Waals surface area contributed by atoms with Crippen molar-refractivity contribution in [3.05, 3.63) is 16.4 Å². The summed E-state index contributed by atoms with van der Waals surface area (Å²) in [6.45, 7) is 4.67. The zero-order valence-corrected chi connectivity index (χ0v) is 12.3. The Morgan fingerprint density at radius 2 is 2.05 bits per heavy atom. The van der Waals surface area contributed by atoms with Crippen LogP contribution in [-0.4, -0.2) is 40.2 Å². The number of rotatable bonds is 4. The van der Waals surface area contributed by atoms with E-state index >= 15 is 0 Å². The molecule has 19 heavy (non-hydrogen) atoms. The fraction of sp³-hybridized carbons (Fsp3) is 0.692. The number of amides is 1. The first kappa shape index (κ1) is 14.3. The minimum absolute atomic E-state index is 0.178. The molecule has 1 saturated heterocycles. The van der Waals surface area contributed by atoms with E-state index in [1.807, 2.05) is 18.9 Å². The van der Waals surface area contributed by atoms with Gasteiger partial charge in [-0.1, -0.05) is 11.6 Å². The van der Waals surface area contributed by atoms with Crippen LogP contribution in [0, 0.1) is 6.92 Å². The molecule has 1 amide bonds. The van der Waals surface area contributed by atoms with Gasteiger partial charge in [-0.05, 0) is 26.2 Å². The first-order valence-corrected chi connectivity index (χ1v) is 7.14. The Kier molecular flexibility index (Phi) is 4.82. The molecule has 2 rings (SSSR count). The number of aromatic nitrogens is 2. The van der Waals surface area contributed by atoms with E-state index in [9.17, 15) is 4.79 Å². The molecule has 0 unspecified atom stereocenters. The van der Waals surface area contributed by atoms with E-state index in [2.05, 4.69) is 10.4 Å². The molecule has 2 heterocycles. The van der Waals surface area contributed by atoms with Crippen molar-refractivity contribution in [2.45, 2.75) is 32.7 Å². The molecule has 1 aliphatic rings. The van der Waals surface area contributed by atoms with Crippen LogP contribution in [0.3, 0.4) is 0 Å². The number of carbonyl (C=O) groups is 1. The van der Waals surface area contributed by atoms with E-state index in [1.54, 1.807) is 4.68 Å². The Morgan fingerprint density at radius 3 is 2.63 bits per heavy atom. The van der Waals surface area contributed by atoms with Crippen LogP contribution in [0.4, 0.5) is 0 Å². The number of likely N-dealkylation sites (tertiary alicyclic amines) is 1. The van der Waals surface area contributed by atoms with Crippen LogP contribution < -0.4 is 5.32 Å². The number of aryl methyl sites for hydroxylation is 2. The van der Waals surface area contributed by atoms with Gasteiger partial charge in [-0.3, -0.25) is 9.48 Å². The third-order valence-electron chi connectivity index (χ3n) is 3.56. The molecule has 5 nitrogen and oxygen atoms in total. The molecule has 0 bridgehead atoms. The Morgan fingerprint density at radius 1 is 1.37 bits per heavy atom. The summed E-state index contributed by atoms with van der Waals surface area (Å²) in [4.78, 5) is 13.9. The van der Waals surface area contributed by atoms with Crippen LogP contribution in [0.2, 0.25) is 5.15 Å². The van der Waals surface area contributed by atoms with Gasteiger partial charge in [0.1, 0.15) is 5.15 Å². The van der Waals surface area contributed by atoms with E-state index in [0.717, 1.165) is 37.2 Å². The molecule has 0 saturated carbocycles. The minimum Gasteiger partial charge on any atom is -0.342 e.